The highest BCUT2D eigenvalue weighted by Crippen LogP contribution is 2.38. The molecule has 2 saturated heterocycles. The summed E-state index contributed by atoms with van der Waals surface area (Å²) in [7, 11) is 0. The quantitative estimate of drug-likeness (QED) is 0.0424. The normalized spacial score (nSPS) is 20.2. The standard InChI is InChI=1S/C36H60N4O5S/c1-3-5-6-7-8-9-10-11-12-13-14-15-16-17-18-19-20-25-33(42)40-34-30(39-35(40)43)28-46-31(34)23-21-22-24-32(41)36(37,38)29-45-27-26-44-4-2/h8-9,11-12,14-15,17-18,30-31,34H,3-7,10,13,16,19-29,37-38H2,1-2H3,(H,39,43)/t30-,31-,34-/m0/s1. The molecular formula is C36H60N4O5S. The van der Waals surface area contributed by atoms with Gasteiger partial charge in [0.15, 0.2) is 5.78 Å². The number of urea groups is 1. The van der Waals surface area contributed by atoms with E-state index in [0.717, 1.165) is 44.3 Å². The van der Waals surface area contributed by atoms with Gasteiger partial charge in [0.25, 0.3) is 0 Å². The van der Waals surface area contributed by atoms with E-state index in [1.807, 2.05) is 6.92 Å². The molecule has 9 nitrogen and oxygen atoms in total. The van der Waals surface area contributed by atoms with Crippen LogP contribution in [0.5, 0.6) is 0 Å². The second-order valence-corrected chi connectivity index (χ2v) is 13.4. The van der Waals surface area contributed by atoms with Gasteiger partial charge >= 0.3 is 6.03 Å². The van der Waals surface area contributed by atoms with Gasteiger partial charge in [-0.15, -0.1) is 0 Å². The molecule has 0 saturated carbocycles. The smallest absolute Gasteiger partial charge is 0.324 e. The van der Waals surface area contributed by atoms with E-state index >= 15 is 0 Å². The molecule has 2 heterocycles. The van der Waals surface area contributed by atoms with Crippen LogP contribution in [-0.2, 0) is 19.1 Å². The van der Waals surface area contributed by atoms with Crippen molar-refractivity contribution in [2.75, 3.05) is 32.2 Å². The van der Waals surface area contributed by atoms with Crippen LogP contribution in [0.3, 0.4) is 0 Å². The molecule has 0 aromatic rings. The fraction of sp³-hybridized carbons (Fsp3) is 0.694. The van der Waals surface area contributed by atoms with Crippen LogP contribution in [0.15, 0.2) is 48.6 Å². The summed E-state index contributed by atoms with van der Waals surface area (Å²) < 4.78 is 10.6. The largest absolute Gasteiger partial charge is 0.379 e. The topological polar surface area (TPSA) is 137 Å². The van der Waals surface area contributed by atoms with E-state index in [-0.39, 0.29) is 48.1 Å². The monoisotopic (exact) mass is 660 g/mol. The van der Waals surface area contributed by atoms with Crippen molar-refractivity contribution in [2.45, 2.75) is 127 Å². The van der Waals surface area contributed by atoms with Crippen LogP contribution >= 0.6 is 11.8 Å². The highest BCUT2D eigenvalue weighted by atomic mass is 32.2. The first-order valence-corrected chi connectivity index (χ1v) is 18.5. The van der Waals surface area contributed by atoms with Gasteiger partial charge in [-0.05, 0) is 64.7 Å². The Morgan fingerprint density at radius 2 is 1.50 bits per heavy atom. The Hall–Kier alpha value is -2.24. The number of hydrogen-bond donors (Lipinski definition) is 3. The molecule has 0 aromatic carbocycles. The summed E-state index contributed by atoms with van der Waals surface area (Å²) in [5.74, 6) is 0.452. The zero-order valence-electron chi connectivity index (χ0n) is 28.3. The number of amides is 3. The number of carbonyl (C=O) groups is 3. The molecule has 0 unspecified atom stereocenters. The van der Waals surface area contributed by atoms with Gasteiger partial charge in [0.05, 0.1) is 31.9 Å². The number of nitrogens with two attached hydrogens (primary N) is 2. The Balaban J connectivity index is 1.62. The Kier molecular flexibility index (Phi) is 20.8. The highest BCUT2D eigenvalue weighted by molar-refractivity contribution is 8.00. The molecule has 0 aromatic heterocycles. The Labute approximate surface area is 282 Å². The van der Waals surface area contributed by atoms with E-state index in [1.54, 1.807) is 11.8 Å². The molecule has 0 spiro atoms. The van der Waals surface area contributed by atoms with Crippen LogP contribution in [0, 0.1) is 0 Å². The molecule has 260 valence electrons. The number of thioether (sulfide) groups is 1. The number of ether oxygens (including phenoxy) is 2. The molecule has 46 heavy (non-hydrogen) atoms. The van der Waals surface area contributed by atoms with Gasteiger partial charge in [0.1, 0.15) is 5.66 Å². The summed E-state index contributed by atoms with van der Waals surface area (Å²) in [6.45, 7) is 5.45. The third-order valence-electron chi connectivity index (χ3n) is 8.18. The van der Waals surface area contributed by atoms with Crippen molar-refractivity contribution in [1.82, 2.24) is 10.2 Å². The number of allylic oxidation sites excluding steroid dienone is 8. The van der Waals surface area contributed by atoms with Crippen LogP contribution in [0.25, 0.3) is 0 Å². The summed E-state index contributed by atoms with van der Waals surface area (Å²) in [6, 6.07) is -0.436. The van der Waals surface area contributed by atoms with Crippen molar-refractivity contribution in [3.8, 4) is 0 Å². The highest BCUT2D eigenvalue weighted by Gasteiger charge is 2.50. The average molecular weight is 661 g/mol. The lowest BCUT2D eigenvalue weighted by atomic mass is 9.98. The number of carbonyl (C=O) groups excluding carboxylic acids is 3. The van der Waals surface area contributed by atoms with Crippen molar-refractivity contribution in [3.05, 3.63) is 48.6 Å². The molecule has 2 aliphatic rings. The predicted octanol–water partition coefficient (Wildman–Crippen LogP) is 6.33. The minimum Gasteiger partial charge on any atom is -0.379 e. The lowest BCUT2D eigenvalue weighted by Crippen LogP contribution is -2.60. The number of Topliss-reactive ketones (excluding diaryl/α,β-unsaturated/α-hetero) is 1. The maximum absolute atomic E-state index is 13.1. The number of nitrogens with zero attached hydrogens (tertiary/aromatic N) is 1. The first kappa shape index (κ1) is 39.9. The van der Waals surface area contributed by atoms with Crippen molar-refractivity contribution >= 4 is 29.5 Å². The van der Waals surface area contributed by atoms with E-state index in [0.29, 0.717) is 39.1 Å². The molecule has 3 atom stereocenters. The zero-order chi connectivity index (χ0) is 33.5. The molecular weight excluding hydrogens is 600 g/mol. The summed E-state index contributed by atoms with van der Waals surface area (Å²) in [5.41, 5.74) is 10.5. The van der Waals surface area contributed by atoms with Gasteiger partial charge in [0.2, 0.25) is 5.91 Å². The molecule has 2 aliphatic heterocycles. The van der Waals surface area contributed by atoms with Gasteiger partial charge in [-0.3, -0.25) is 14.5 Å². The van der Waals surface area contributed by atoms with Gasteiger partial charge in [0, 0.05) is 30.5 Å². The molecule has 0 radical (unpaired) electrons. The first-order valence-electron chi connectivity index (χ1n) is 17.4. The SMILES string of the molecule is CCCCCC=CCC=CCC=CCC=CCCCC(=O)N1C(=O)N[C@H]2CS[C@@H](CCCCC(=O)C(N)(N)COCCOCC)[C@H]21. The number of unbranched alkanes of at least 4 members (excludes halogenated alkanes) is 5. The lowest BCUT2D eigenvalue weighted by molar-refractivity contribution is -0.129. The van der Waals surface area contributed by atoms with E-state index in [4.69, 9.17) is 20.9 Å². The number of imide groups is 1. The molecule has 3 amide bonds. The van der Waals surface area contributed by atoms with Crippen molar-refractivity contribution in [1.29, 1.82) is 0 Å². The lowest BCUT2D eigenvalue weighted by Gasteiger charge is -2.26. The van der Waals surface area contributed by atoms with E-state index < -0.39 is 5.66 Å². The maximum Gasteiger partial charge on any atom is 0.324 e. The van der Waals surface area contributed by atoms with Crippen LogP contribution in [-0.4, -0.2) is 77.8 Å². The van der Waals surface area contributed by atoms with Gasteiger partial charge in [-0.25, -0.2) is 4.79 Å². The first-order chi connectivity index (χ1) is 22.3. The van der Waals surface area contributed by atoms with Crippen molar-refractivity contribution in [3.63, 3.8) is 0 Å². The second-order valence-electron chi connectivity index (χ2n) is 12.1. The minimum atomic E-state index is -1.52. The number of rotatable bonds is 26. The Morgan fingerprint density at radius 1 is 0.870 bits per heavy atom. The van der Waals surface area contributed by atoms with Crippen molar-refractivity contribution < 1.29 is 23.9 Å². The minimum absolute atomic E-state index is 0.0174. The molecule has 2 fully saturated rings. The molecule has 0 aliphatic carbocycles. The Morgan fingerprint density at radius 3 is 2.15 bits per heavy atom. The molecule has 5 N–H and O–H groups in total. The average Bonchev–Trinajstić information content (AvgIpc) is 3.57. The summed E-state index contributed by atoms with van der Waals surface area (Å²) in [4.78, 5) is 39.8. The van der Waals surface area contributed by atoms with E-state index in [9.17, 15) is 14.4 Å². The van der Waals surface area contributed by atoms with Gasteiger partial charge in [-0.2, -0.15) is 11.8 Å². The predicted molar refractivity (Wildman–Crippen MR) is 189 cm³/mol. The van der Waals surface area contributed by atoms with Crippen LogP contribution in [0.2, 0.25) is 0 Å². The third kappa shape index (κ3) is 15.6. The van der Waals surface area contributed by atoms with Crippen LogP contribution < -0.4 is 16.8 Å². The third-order valence-corrected chi connectivity index (χ3v) is 9.67. The molecule has 0 bridgehead atoms. The summed E-state index contributed by atoms with van der Waals surface area (Å²) in [5, 5.41) is 3.15. The number of nitrogens with one attached hydrogen (secondary N) is 1. The molecule has 2 rings (SSSR count). The Bertz CT molecular complexity index is 1010. The fourth-order valence-corrected chi connectivity index (χ4v) is 7.13. The maximum atomic E-state index is 13.1. The summed E-state index contributed by atoms with van der Waals surface area (Å²) in [6.07, 6.45) is 29.8. The van der Waals surface area contributed by atoms with E-state index in [2.05, 4.69) is 60.8 Å². The molecule has 10 heteroatoms. The summed E-state index contributed by atoms with van der Waals surface area (Å²) >= 11 is 1.79. The van der Waals surface area contributed by atoms with Crippen molar-refractivity contribution in [2.24, 2.45) is 11.5 Å². The van der Waals surface area contributed by atoms with Gasteiger partial charge < -0.3 is 26.3 Å². The van der Waals surface area contributed by atoms with Crippen LogP contribution in [0.1, 0.15) is 104 Å². The fourth-order valence-electron chi connectivity index (χ4n) is 5.55. The van der Waals surface area contributed by atoms with Gasteiger partial charge in [-0.1, -0.05) is 74.8 Å². The second kappa shape index (κ2) is 24.0. The number of ketones is 1. The number of fused-ring (bicyclic) bond motifs is 1. The van der Waals surface area contributed by atoms with E-state index in [1.165, 1.54) is 30.6 Å². The number of hydrogen-bond acceptors (Lipinski definition) is 8. The zero-order valence-corrected chi connectivity index (χ0v) is 29.2. The van der Waals surface area contributed by atoms with Crippen LogP contribution in [0.4, 0.5) is 4.79 Å².